The Morgan fingerprint density at radius 3 is 2.52 bits per heavy atom. The summed E-state index contributed by atoms with van der Waals surface area (Å²) < 4.78 is 27.2. The molecule has 0 radical (unpaired) electrons. The molecule has 0 aromatic heterocycles. The first-order valence-electron chi connectivity index (χ1n) is 9.10. The first-order valence-corrected chi connectivity index (χ1v) is 10.5. The monoisotopic (exact) mass is 396 g/mol. The highest BCUT2D eigenvalue weighted by Gasteiger charge is 2.38. The molecule has 1 heterocycles. The summed E-state index contributed by atoms with van der Waals surface area (Å²) in [7, 11) is -3.92. The second-order valence-corrected chi connectivity index (χ2v) is 9.02. The van der Waals surface area contributed by atoms with E-state index in [0.717, 1.165) is 31.4 Å². The van der Waals surface area contributed by atoms with Crippen LogP contribution in [-0.2, 0) is 14.8 Å². The van der Waals surface area contributed by atoms with Gasteiger partial charge in [0.1, 0.15) is 6.04 Å². The lowest BCUT2D eigenvalue weighted by Gasteiger charge is -2.33. The maximum atomic E-state index is 13.0. The maximum absolute atomic E-state index is 13.0. The molecular weight excluding hydrogens is 372 g/mol. The minimum Gasteiger partial charge on any atom is -0.353 e. The van der Waals surface area contributed by atoms with Crippen molar-refractivity contribution in [3.8, 4) is 0 Å². The van der Waals surface area contributed by atoms with E-state index in [1.807, 2.05) is 0 Å². The second kappa shape index (κ2) is 7.91. The van der Waals surface area contributed by atoms with Crippen molar-refractivity contribution in [3.05, 3.63) is 34.4 Å². The largest absolute Gasteiger partial charge is 0.353 e. The van der Waals surface area contributed by atoms with Gasteiger partial charge in [-0.2, -0.15) is 4.31 Å². The van der Waals surface area contributed by atoms with E-state index in [2.05, 4.69) is 5.32 Å². The number of nitro groups is 1. The summed E-state index contributed by atoms with van der Waals surface area (Å²) >= 11 is 0. The number of nitrogens with zero attached hydrogens (tertiary/aromatic N) is 2. The molecule has 2 unspecified atom stereocenters. The van der Waals surface area contributed by atoms with Crippen LogP contribution in [0.1, 0.15) is 32.1 Å². The highest BCUT2D eigenvalue weighted by Crippen LogP contribution is 2.31. The number of nitrogens with one attached hydrogen (secondary N) is 1. The molecule has 1 aliphatic carbocycles. The summed E-state index contributed by atoms with van der Waals surface area (Å²) in [5, 5.41) is 13.6. The molecule has 1 saturated carbocycles. The topological polar surface area (TPSA) is 136 Å². The molecule has 0 spiro atoms. The Labute approximate surface area is 158 Å². The van der Waals surface area contributed by atoms with Crippen LogP contribution in [0.3, 0.4) is 0 Å². The maximum Gasteiger partial charge on any atom is 0.269 e. The van der Waals surface area contributed by atoms with Gasteiger partial charge < -0.3 is 11.1 Å². The normalized spacial score (nSPS) is 22.2. The second-order valence-electron chi connectivity index (χ2n) is 7.12. The van der Waals surface area contributed by atoms with Gasteiger partial charge in [0.2, 0.25) is 15.9 Å². The molecule has 148 valence electrons. The van der Waals surface area contributed by atoms with E-state index >= 15 is 0 Å². The number of rotatable bonds is 7. The summed E-state index contributed by atoms with van der Waals surface area (Å²) in [5.41, 5.74) is 5.82. The quantitative estimate of drug-likeness (QED) is 0.521. The van der Waals surface area contributed by atoms with Gasteiger partial charge in [-0.1, -0.05) is 6.42 Å². The molecule has 1 aliphatic heterocycles. The molecule has 1 saturated heterocycles. The molecule has 1 aromatic rings. The Bertz CT molecular complexity index is 807. The van der Waals surface area contributed by atoms with Crippen molar-refractivity contribution in [1.29, 1.82) is 0 Å². The molecule has 10 heteroatoms. The predicted octanol–water partition coefficient (Wildman–Crippen LogP) is 0.992. The minimum atomic E-state index is -3.92. The lowest BCUT2D eigenvalue weighted by molar-refractivity contribution is -0.384. The summed E-state index contributed by atoms with van der Waals surface area (Å²) in [6, 6.07) is 3.84. The van der Waals surface area contributed by atoms with Gasteiger partial charge in [0, 0.05) is 31.3 Å². The number of benzene rings is 1. The third-order valence-electron chi connectivity index (χ3n) is 5.15. The third-order valence-corrected chi connectivity index (χ3v) is 7.07. The van der Waals surface area contributed by atoms with Crippen LogP contribution in [0.2, 0.25) is 0 Å². The van der Waals surface area contributed by atoms with E-state index in [9.17, 15) is 23.3 Å². The van der Waals surface area contributed by atoms with E-state index in [4.69, 9.17) is 5.73 Å². The molecule has 0 bridgehead atoms. The molecule has 2 atom stereocenters. The van der Waals surface area contributed by atoms with Crippen LogP contribution in [0.15, 0.2) is 29.2 Å². The number of sulfonamides is 1. The number of piperidine rings is 1. The third kappa shape index (κ3) is 4.45. The van der Waals surface area contributed by atoms with Crippen LogP contribution in [0, 0.1) is 16.0 Å². The van der Waals surface area contributed by atoms with Crippen molar-refractivity contribution >= 4 is 21.6 Å². The SMILES string of the molecule is NC(CNC(=O)C1CCCCN1S(=O)(=O)c1ccc([N+](=O)[O-])cc1)C1CC1. The number of carbonyl (C=O) groups excluding carboxylic acids is 1. The van der Waals surface area contributed by atoms with E-state index < -0.39 is 21.0 Å². The van der Waals surface area contributed by atoms with Crippen molar-refractivity contribution < 1.29 is 18.1 Å². The molecule has 9 nitrogen and oxygen atoms in total. The Hall–Kier alpha value is -2.04. The average molecular weight is 396 g/mol. The molecular formula is C17H24N4O5S. The smallest absolute Gasteiger partial charge is 0.269 e. The van der Waals surface area contributed by atoms with E-state index in [0.29, 0.717) is 25.3 Å². The van der Waals surface area contributed by atoms with Gasteiger partial charge >= 0.3 is 0 Å². The van der Waals surface area contributed by atoms with Crippen LogP contribution >= 0.6 is 0 Å². The highest BCUT2D eigenvalue weighted by atomic mass is 32.2. The zero-order chi connectivity index (χ0) is 19.6. The minimum absolute atomic E-state index is 0.0533. The fourth-order valence-corrected chi connectivity index (χ4v) is 5.01. The van der Waals surface area contributed by atoms with Crippen LogP contribution in [0.25, 0.3) is 0 Å². The van der Waals surface area contributed by atoms with Crippen molar-refractivity contribution in [1.82, 2.24) is 9.62 Å². The van der Waals surface area contributed by atoms with Gasteiger partial charge in [0.25, 0.3) is 5.69 Å². The van der Waals surface area contributed by atoms with Crippen molar-refractivity contribution in [3.63, 3.8) is 0 Å². The summed E-state index contributed by atoms with van der Waals surface area (Å²) in [4.78, 5) is 22.7. The van der Waals surface area contributed by atoms with Crippen molar-refractivity contribution in [2.75, 3.05) is 13.1 Å². The van der Waals surface area contributed by atoms with E-state index in [1.165, 1.54) is 16.4 Å². The van der Waals surface area contributed by atoms with Gasteiger partial charge in [-0.3, -0.25) is 14.9 Å². The molecule has 1 aromatic carbocycles. The highest BCUT2D eigenvalue weighted by molar-refractivity contribution is 7.89. The van der Waals surface area contributed by atoms with Crippen molar-refractivity contribution in [2.45, 2.75) is 49.1 Å². The van der Waals surface area contributed by atoms with Gasteiger partial charge in [0.15, 0.2) is 0 Å². The van der Waals surface area contributed by atoms with Crippen LogP contribution in [0.5, 0.6) is 0 Å². The first-order chi connectivity index (χ1) is 12.8. The van der Waals surface area contributed by atoms with Crippen LogP contribution in [-0.4, -0.2) is 48.7 Å². The van der Waals surface area contributed by atoms with Gasteiger partial charge in [-0.05, 0) is 43.7 Å². The Morgan fingerprint density at radius 2 is 1.93 bits per heavy atom. The van der Waals surface area contributed by atoms with Crippen LogP contribution in [0.4, 0.5) is 5.69 Å². The fourth-order valence-electron chi connectivity index (χ4n) is 3.36. The molecule has 2 fully saturated rings. The van der Waals surface area contributed by atoms with Crippen molar-refractivity contribution in [2.24, 2.45) is 11.7 Å². The van der Waals surface area contributed by atoms with E-state index in [-0.39, 0.29) is 29.1 Å². The first kappa shape index (κ1) is 19.7. The Morgan fingerprint density at radius 1 is 1.26 bits per heavy atom. The van der Waals surface area contributed by atoms with Gasteiger partial charge in [-0.25, -0.2) is 8.42 Å². The number of amides is 1. The molecule has 2 aliphatic rings. The van der Waals surface area contributed by atoms with E-state index in [1.54, 1.807) is 0 Å². The number of non-ortho nitro benzene ring substituents is 1. The number of nitro benzene ring substituents is 1. The summed E-state index contributed by atoms with van der Waals surface area (Å²) in [6.45, 7) is 0.581. The predicted molar refractivity (Wildman–Crippen MR) is 98.3 cm³/mol. The number of hydrogen-bond donors (Lipinski definition) is 2. The fraction of sp³-hybridized carbons (Fsp3) is 0.588. The van der Waals surface area contributed by atoms with Crippen LogP contribution < -0.4 is 11.1 Å². The number of carbonyl (C=O) groups is 1. The molecule has 3 N–H and O–H groups in total. The average Bonchev–Trinajstić information content (AvgIpc) is 3.51. The molecule has 27 heavy (non-hydrogen) atoms. The zero-order valence-electron chi connectivity index (χ0n) is 14.9. The lowest BCUT2D eigenvalue weighted by Crippen LogP contribution is -2.53. The Kier molecular flexibility index (Phi) is 5.78. The molecule has 1 amide bonds. The molecule has 3 rings (SSSR count). The van der Waals surface area contributed by atoms with Gasteiger partial charge in [0.05, 0.1) is 9.82 Å². The summed E-state index contributed by atoms with van der Waals surface area (Å²) in [6.07, 6.45) is 4.01. The standard InChI is InChI=1S/C17H24N4O5S/c18-15(12-4-5-12)11-19-17(22)16-3-1-2-10-20(16)27(25,26)14-8-6-13(7-9-14)21(23)24/h6-9,12,15-16H,1-5,10-11,18H2,(H,19,22). The number of nitrogens with two attached hydrogens (primary N) is 1. The van der Waals surface area contributed by atoms with Gasteiger partial charge in [-0.15, -0.1) is 0 Å². The Balaban J connectivity index is 1.74. The zero-order valence-corrected chi connectivity index (χ0v) is 15.7. The summed E-state index contributed by atoms with van der Waals surface area (Å²) in [5.74, 6) is 0.105. The number of hydrogen-bond acceptors (Lipinski definition) is 6. The lowest BCUT2D eigenvalue weighted by atomic mass is 10.0.